The van der Waals surface area contributed by atoms with E-state index in [2.05, 4.69) is 20.9 Å². The van der Waals surface area contributed by atoms with Crippen LogP contribution in [0.2, 0.25) is 0 Å². The Morgan fingerprint density at radius 1 is 1.60 bits per heavy atom. The van der Waals surface area contributed by atoms with Crippen molar-refractivity contribution in [2.24, 2.45) is 0 Å². The molecule has 0 unspecified atom stereocenters. The molecule has 0 saturated carbocycles. The molecule has 80 valence electrons. The highest BCUT2D eigenvalue weighted by Crippen LogP contribution is 2.31. The van der Waals surface area contributed by atoms with Crippen molar-refractivity contribution in [2.45, 2.75) is 18.7 Å². The van der Waals surface area contributed by atoms with Crippen LogP contribution in [0.5, 0.6) is 0 Å². The first kappa shape index (κ1) is 12.3. The first-order valence-corrected chi connectivity index (χ1v) is 5.31. The van der Waals surface area contributed by atoms with Crippen LogP contribution >= 0.6 is 27.5 Å². The molecule has 0 aliphatic heterocycles. The zero-order chi connectivity index (χ0) is 11.4. The standard InChI is InChI=1S/C9H6BrClF2N2/c10-8-5(3-11)7(1-2-14)15-4-6(8)9(12)13/h4,9H,1,3H2. The second-order valence-electron chi connectivity index (χ2n) is 2.72. The fraction of sp³-hybridized carbons (Fsp3) is 0.333. The molecule has 0 fully saturated rings. The summed E-state index contributed by atoms with van der Waals surface area (Å²) in [7, 11) is 0. The van der Waals surface area contributed by atoms with Gasteiger partial charge in [-0.15, -0.1) is 11.6 Å². The Balaban J connectivity index is 3.27. The van der Waals surface area contributed by atoms with E-state index in [1.807, 2.05) is 6.07 Å². The van der Waals surface area contributed by atoms with E-state index in [1.54, 1.807) is 0 Å². The van der Waals surface area contributed by atoms with Gasteiger partial charge < -0.3 is 0 Å². The maximum Gasteiger partial charge on any atom is 0.266 e. The molecule has 0 N–H and O–H groups in total. The number of nitrogens with zero attached hydrogens (tertiary/aromatic N) is 2. The van der Waals surface area contributed by atoms with Crippen molar-refractivity contribution in [1.82, 2.24) is 4.98 Å². The molecular weight excluding hydrogens is 289 g/mol. The molecule has 0 radical (unpaired) electrons. The van der Waals surface area contributed by atoms with Gasteiger partial charge in [-0.1, -0.05) is 0 Å². The highest BCUT2D eigenvalue weighted by Gasteiger charge is 2.17. The molecule has 6 heteroatoms. The molecule has 1 rings (SSSR count). The van der Waals surface area contributed by atoms with Crippen molar-refractivity contribution in [3.8, 4) is 6.07 Å². The Morgan fingerprint density at radius 2 is 2.27 bits per heavy atom. The smallest absolute Gasteiger partial charge is 0.259 e. The van der Waals surface area contributed by atoms with Crippen LogP contribution in [-0.2, 0) is 12.3 Å². The van der Waals surface area contributed by atoms with Gasteiger partial charge in [0.1, 0.15) is 0 Å². The lowest BCUT2D eigenvalue weighted by Gasteiger charge is -2.09. The number of nitriles is 1. The third-order valence-electron chi connectivity index (χ3n) is 1.84. The minimum Gasteiger partial charge on any atom is -0.259 e. The van der Waals surface area contributed by atoms with Crippen LogP contribution in [0, 0.1) is 11.3 Å². The monoisotopic (exact) mass is 294 g/mol. The quantitative estimate of drug-likeness (QED) is 0.799. The number of pyridine rings is 1. The maximum absolute atomic E-state index is 12.5. The highest BCUT2D eigenvalue weighted by molar-refractivity contribution is 9.10. The van der Waals surface area contributed by atoms with E-state index in [1.165, 1.54) is 0 Å². The Labute approximate surface area is 99.0 Å². The Bertz CT molecular complexity index is 404. The molecule has 0 aliphatic carbocycles. The molecule has 1 aromatic rings. The van der Waals surface area contributed by atoms with E-state index >= 15 is 0 Å². The zero-order valence-corrected chi connectivity index (χ0v) is 9.82. The second kappa shape index (κ2) is 5.38. The summed E-state index contributed by atoms with van der Waals surface area (Å²) in [5.41, 5.74) is 0.687. The topological polar surface area (TPSA) is 36.7 Å². The van der Waals surface area contributed by atoms with Gasteiger partial charge in [0.15, 0.2) is 0 Å². The lowest BCUT2D eigenvalue weighted by atomic mass is 10.1. The summed E-state index contributed by atoms with van der Waals surface area (Å²) < 4.78 is 25.2. The summed E-state index contributed by atoms with van der Waals surface area (Å²) in [5.74, 6) is 0.0468. The predicted molar refractivity (Wildman–Crippen MR) is 55.8 cm³/mol. The number of rotatable bonds is 3. The van der Waals surface area contributed by atoms with Gasteiger partial charge in [-0.25, -0.2) is 8.78 Å². The van der Waals surface area contributed by atoms with Crippen LogP contribution in [0.25, 0.3) is 0 Å². The number of aromatic nitrogens is 1. The van der Waals surface area contributed by atoms with Gasteiger partial charge in [-0.05, 0) is 15.9 Å². The Kier molecular flexibility index (Phi) is 4.43. The van der Waals surface area contributed by atoms with E-state index in [4.69, 9.17) is 16.9 Å². The van der Waals surface area contributed by atoms with E-state index < -0.39 is 6.43 Å². The number of hydrogen-bond donors (Lipinski definition) is 0. The van der Waals surface area contributed by atoms with Gasteiger partial charge in [0.25, 0.3) is 6.43 Å². The summed E-state index contributed by atoms with van der Waals surface area (Å²) in [4.78, 5) is 3.80. The molecule has 1 aromatic heterocycles. The van der Waals surface area contributed by atoms with Crippen molar-refractivity contribution in [3.63, 3.8) is 0 Å². The van der Waals surface area contributed by atoms with Gasteiger partial charge in [-0.3, -0.25) is 4.98 Å². The number of halogens is 4. The maximum atomic E-state index is 12.5. The molecule has 15 heavy (non-hydrogen) atoms. The highest BCUT2D eigenvalue weighted by atomic mass is 79.9. The molecule has 0 aliphatic rings. The van der Waals surface area contributed by atoms with Crippen LogP contribution in [0.4, 0.5) is 8.78 Å². The summed E-state index contributed by atoms with van der Waals surface area (Å²) in [6.45, 7) is 0. The normalized spacial score (nSPS) is 10.4. The van der Waals surface area contributed by atoms with Crippen molar-refractivity contribution in [3.05, 3.63) is 27.5 Å². The first-order valence-electron chi connectivity index (χ1n) is 3.99. The summed E-state index contributed by atoms with van der Waals surface area (Å²) in [6.07, 6.45) is -1.48. The minimum absolute atomic E-state index is 0.0468. The number of hydrogen-bond acceptors (Lipinski definition) is 2. The largest absolute Gasteiger partial charge is 0.266 e. The van der Waals surface area contributed by atoms with Crippen LogP contribution in [0.15, 0.2) is 10.7 Å². The Hall–Kier alpha value is -0.730. The van der Waals surface area contributed by atoms with E-state index in [0.717, 1.165) is 6.20 Å². The number of alkyl halides is 3. The third kappa shape index (κ3) is 2.64. The lowest BCUT2D eigenvalue weighted by molar-refractivity contribution is 0.150. The Morgan fingerprint density at radius 3 is 2.73 bits per heavy atom. The van der Waals surface area contributed by atoms with Crippen molar-refractivity contribution < 1.29 is 8.78 Å². The molecule has 0 saturated heterocycles. The van der Waals surface area contributed by atoms with Gasteiger partial charge in [-0.2, -0.15) is 5.26 Å². The van der Waals surface area contributed by atoms with Crippen LogP contribution in [0.3, 0.4) is 0 Å². The van der Waals surface area contributed by atoms with Gasteiger partial charge in [0.2, 0.25) is 0 Å². The van der Waals surface area contributed by atoms with Gasteiger partial charge in [0, 0.05) is 16.2 Å². The molecule has 1 heterocycles. The van der Waals surface area contributed by atoms with Crippen LogP contribution < -0.4 is 0 Å². The molecule has 0 aromatic carbocycles. The van der Waals surface area contributed by atoms with Gasteiger partial charge >= 0.3 is 0 Å². The summed E-state index contributed by atoms with van der Waals surface area (Å²) in [5, 5.41) is 8.51. The van der Waals surface area contributed by atoms with Crippen molar-refractivity contribution in [2.75, 3.05) is 0 Å². The van der Waals surface area contributed by atoms with E-state index in [0.29, 0.717) is 11.3 Å². The van der Waals surface area contributed by atoms with E-state index in [9.17, 15) is 8.78 Å². The predicted octanol–water partition coefficient (Wildman–Crippen LogP) is 3.59. The SMILES string of the molecule is N#CCc1ncc(C(F)F)c(Br)c1CCl. The molecule has 0 spiro atoms. The average molecular weight is 296 g/mol. The fourth-order valence-corrected chi connectivity index (χ4v) is 2.19. The molecule has 0 bridgehead atoms. The second-order valence-corrected chi connectivity index (χ2v) is 3.78. The first-order chi connectivity index (χ1) is 7.11. The van der Waals surface area contributed by atoms with Crippen molar-refractivity contribution >= 4 is 27.5 Å². The summed E-state index contributed by atoms with van der Waals surface area (Å²) in [6, 6.07) is 1.91. The summed E-state index contributed by atoms with van der Waals surface area (Å²) >= 11 is 8.67. The molecular formula is C9H6BrClF2N2. The van der Waals surface area contributed by atoms with Gasteiger partial charge in [0.05, 0.1) is 29.6 Å². The molecule has 2 nitrogen and oxygen atoms in total. The zero-order valence-electron chi connectivity index (χ0n) is 7.48. The van der Waals surface area contributed by atoms with Crippen LogP contribution in [-0.4, -0.2) is 4.98 Å². The average Bonchev–Trinajstić information content (AvgIpc) is 2.18. The van der Waals surface area contributed by atoms with E-state index in [-0.39, 0.29) is 22.3 Å². The molecule has 0 amide bonds. The van der Waals surface area contributed by atoms with Crippen LogP contribution in [0.1, 0.15) is 23.2 Å². The lowest BCUT2D eigenvalue weighted by Crippen LogP contribution is -2.00. The minimum atomic E-state index is -2.61. The van der Waals surface area contributed by atoms with Crippen molar-refractivity contribution in [1.29, 1.82) is 5.26 Å². The fourth-order valence-electron chi connectivity index (χ4n) is 1.10. The molecule has 0 atom stereocenters. The third-order valence-corrected chi connectivity index (χ3v) is 3.05.